The number of anilines is 1. The molecule has 0 amide bonds. The molecule has 0 radical (unpaired) electrons. The molecule has 0 bridgehead atoms. The Morgan fingerprint density at radius 2 is 2.41 bits per heavy atom. The predicted octanol–water partition coefficient (Wildman–Crippen LogP) is 0.941. The molecule has 1 unspecified atom stereocenters. The van der Waals surface area contributed by atoms with Crippen LogP contribution >= 0.6 is 0 Å². The number of likely N-dealkylation sites (N-methyl/N-ethyl adjacent to an activating group) is 1. The molecular formula is C12H20N4O. The highest BCUT2D eigenvalue weighted by Gasteiger charge is 2.19. The first-order valence-corrected chi connectivity index (χ1v) is 6.21. The van der Waals surface area contributed by atoms with Crippen molar-refractivity contribution in [3.63, 3.8) is 0 Å². The normalized spacial score (nSPS) is 19.5. The van der Waals surface area contributed by atoms with Gasteiger partial charge in [0.2, 0.25) is 0 Å². The lowest BCUT2D eigenvalue weighted by Gasteiger charge is -2.24. The molecule has 1 aromatic rings. The lowest BCUT2D eigenvalue weighted by Crippen LogP contribution is -2.33. The first-order chi connectivity index (χ1) is 8.33. The van der Waals surface area contributed by atoms with E-state index in [2.05, 4.69) is 21.8 Å². The number of aromatic nitrogens is 2. The third-order valence-corrected chi connectivity index (χ3v) is 3.03. The molecule has 2 heterocycles. The van der Waals surface area contributed by atoms with Gasteiger partial charge in [-0.3, -0.25) is 4.98 Å². The minimum absolute atomic E-state index is 0.332. The summed E-state index contributed by atoms with van der Waals surface area (Å²) >= 11 is 0. The summed E-state index contributed by atoms with van der Waals surface area (Å²) in [5, 5.41) is 0. The molecule has 1 aromatic heterocycles. The second-order valence-corrected chi connectivity index (χ2v) is 4.25. The Morgan fingerprint density at radius 3 is 3.06 bits per heavy atom. The second kappa shape index (κ2) is 5.93. The fourth-order valence-electron chi connectivity index (χ4n) is 2.06. The van der Waals surface area contributed by atoms with Gasteiger partial charge in [-0.15, -0.1) is 0 Å². The van der Waals surface area contributed by atoms with Gasteiger partial charge in [0.25, 0.3) is 0 Å². The Kier molecular flexibility index (Phi) is 4.28. The Labute approximate surface area is 102 Å². The molecule has 1 fully saturated rings. The van der Waals surface area contributed by atoms with E-state index >= 15 is 0 Å². The average molecular weight is 236 g/mol. The molecule has 1 atom stereocenters. The fourth-order valence-corrected chi connectivity index (χ4v) is 2.06. The third-order valence-electron chi connectivity index (χ3n) is 3.03. The maximum absolute atomic E-state index is 5.65. The van der Waals surface area contributed by atoms with Crippen molar-refractivity contribution in [1.82, 2.24) is 9.97 Å². The minimum atomic E-state index is 0.332. The van der Waals surface area contributed by atoms with Crippen molar-refractivity contribution in [3.05, 3.63) is 18.1 Å². The van der Waals surface area contributed by atoms with Gasteiger partial charge in [0.05, 0.1) is 18.0 Å². The number of hydrogen-bond donors (Lipinski definition) is 1. The Morgan fingerprint density at radius 1 is 1.53 bits per heavy atom. The highest BCUT2D eigenvalue weighted by molar-refractivity contribution is 5.36. The molecule has 1 saturated heterocycles. The minimum Gasteiger partial charge on any atom is -0.376 e. The lowest BCUT2D eigenvalue weighted by atomic mass is 10.2. The molecular weight excluding hydrogens is 216 g/mol. The van der Waals surface area contributed by atoms with Crippen LogP contribution in [0.25, 0.3) is 0 Å². The van der Waals surface area contributed by atoms with Crippen molar-refractivity contribution in [2.75, 3.05) is 24.6 Å². The van der Waals surface area contributed by atoms with Crippen LogP contribution in [0.3, 0.4) is 0 Å². The smallest absolute Gasteiger partial charge is 0.147 e. The SMILES string of the molecule is CCN(CC1CCCO1)c1cncc(CN)n1. The van der Waals surface area contributed by atoms with Crippen LogP contribution in [0.5, 0.6) is 0 Å². The van der Waals surface area contributed by atoms with Crippen LogP contribution in [0.1, 0.15) is 25.5 Å². The quantitative estimate of drug-likeness (QED) is 0.824. The summed E-state index contributed by atoms with van der Waals surface area (Å²) in [4.78, 5) is 10.9. The molecule has 94 valence electrons. The molecule has 5 heteroatoms. The first-order valence-electron chi connectivity index (χ1n) is 6.21. The average Bonchev–Trinajstić information content (AvgIpc) is 2.89. The predicted molar refractivity (Wildman–Crippen MR) is 66.8 cm³/mol. The van der Waals surface area contributed by atoms with Crippen LogP contribution in [0.2, 0.25) is 0 Å². The highest BCUT2D eigenvalue weighted by atomic mass is 16.5. The van der Waals surface area contributed by atoms with Gasteiger partial charge in [-0.05, 0) is 19.8 Å². The van der Waals surface area contributed by atoms with Gasteiger partial charge in [0.1, 0.15) is 5.82 Å². The molecule has 1 aliphatic rings. The molecule has 0 spiro atoms. The largest absolute Gasteiger partial charge is 0.376 e. The van der Waals surface area contributed by atoms with Gasteiger partial charge in [-0.2, -0.15) is 0 Å². The standard InChI is InChI=1S/C12H20N4O/c1-2-16(9-11-4-3-5-17-11)12-8-14-7-10(6-13)15-12/h7-8,11H,2-6,9,13H2,1H3. The lowest BCUT2D eigenvalue weighted by molar-refractivity contribution is 0.115. The summed E-state index contributed by atoms with van der Waals surface area (Å²) in [7, 11) is 0. The van der Waals surface area contributed by atoms with Gasteiger partial charge < -0.3 is 15.4 Å². The van der Waals surface area contributed by atoms with E-state index in [0.717, 1.165) is 44.0 Å². The number of hydrogen-bond acceptors (Lipinski definition) is 5. The molecule has 1 aliphatic heterocycles. The monoisotopic (exact) mass is 236 g/mol. The van der Waals surface area contributed by atoms with Crippen LogP contribution in [-0.4, -0.2) is 35.8 Å². The van der Waals surface area contributed by atoms with Gasteiger partial charge >= 0.3 is 0 Å². The molecule has 2 rings (SSSR count). The number of nitrogens with two attached hydrogens (primary N) is 1. The van der Waals surface area contributed by atoms with Crippen molar-refractivity contribution < 1.29 is 4.74 Å². The van der Waals surface area contributed by atoms with Crippen molar-refractivity contribution in [3.8, 4) is 0 Å². The maximum atomic E-state index is 5.65. The van der Waals surface area contributed by atoms with Gasteiger partial charge in [-0.1, -0.05) is 0 Å². The van der Waals surface area contributed by atoms with Crippen LogP contribution in [-0.2, 0) is 11.3 Å². The van der Waals surface area contributed by atoms with Crippen LogP contribution in [0.4, 0.5) is 5.82 Å². The Hall–Kier alpha value is -1.20. The highest BCUT2D eigenvalue weighted by Crippen LogP contribution is 2.17. The van der Waals surface area contributed by atoms with E-state index in [-0.39, 0.29) is 0 Å². The molecule has 2 N–H and O–H groups in total. The molecule has 0 aromatic carbocycles. The van der Waals surface area contributed by atoms with Gasteiger partial charge in [0, 0.05) is 32.4 Å². The number of ether oxygens (including phenoxy) is 1. The van der Waals surface area contributed by atoms with Crippen molar-refractivity contribution in [1.29, 1.82) is 0 Å². The van der Waals surface area contributed by atoms with E-state index in [1.165, 1.54) is 0 Å². The third kappa shape index (κ3) is 3.14. The zero-order valence-corrected chi connectivity index (χ0v) is 10.3. The van der Waals surface area contributed by atoms with Gasteiger partial charge in [-0.25, -0.2) is 4.98 Å². The Balaban J connectivity index is 2.04. The number of nitrogens with zero attached hydrogens (tertiary/aromatic N) is 3. The van der Waals surface area contributed by atoms with Crippen LogP contribution < -0.4 is 10.6 Å². The van der Waals surface area contributed by atoms with E-state index in [1.54, 1.807) is 12.4 Å². The summed E-state index contributed by atoms with van der Waals surface area (Å²) in [5.41, 5.74) is 6.41. The second-order valence-electron chi connectivity index (χ2n) is 4.25. The van der Waals surface area contributed by atoms with Crippen molar-refractivity contribution in [2.24, 2.45) is 5.73 Å². The summed E-state index contributed by atoms with van der Waals surface area (Å²) in [6, 6.07) is 0. The summed E-state index contributed by atoms with van der Waals surface area (Å²) in [6.07, 6.45) is 6.14. The maximum Gasteiger partial charge on any atom is 0.147 e. The van der Waals surface area contributed by atoms with E-state index < -0.39 is 0 Å². The molecule has 5 nitrogen and oxygen atoms in total. The zero-order chi connectivity index (χ0) is 12.1. The van der Waals surface area contributed by atoms with Crippen molar-refractivity contribution in [2.45, 2.75) is 32.4 Å². The summed E-state index contributed by atoms with van der Waals surface area (Å²) in [5.74, 6) is 0.894. The van der Waals surface area contributed by atoms with E-state index in [9.17, 15) is 0 Å². The molecule has 0 saturated carbocycles. The summed E-state index contributed by atoms with van der Waals surface area (Å²) in [6.45, 7) is 5.22. The van der Waals surface area contributed by atoms with Crippen molar-refractivity contribution >= 4 is 5.82 Å². The fraction of sp³-hybridized carbons (Fsp3) is 0.667. The Bertz CT molecular complexity index is 352. The van der Waals surface area contributed by atoms with E-state index in [4.69, 9.17) is 10.5 Å². The topological polar surface area (TPSA) is 64.3 Å². The zero-order valence-electron chi connectivity index (χ0n) is 10.3. The molecule has 17 heavy (non-hydrogen) atoms. The van der Waals surface area contributed by atoms with Crippen LogP contribution in [0, 0.1) is 0 Å². The van der Waals surface area contributed by atoms with Crippen LogP contribution in [0.15, 0.2) is 12.4 Å². The molecule has 0 aliphatic carbocycles. The number of rotatable bonds is 5. The van der Waals surface area contributed by atoms with Gasteiger partial charge in [0.15, 0.2) is 0 Å². The van der Waals surface area contributed by atoms with E-state index in [0.29, 0.717) is 12.6 Å². The van der Waals surface area contributed by atoms with E-state index in [1.807, 2.05) is 0 Å². The first kappa shape index (κ1) is 12.3. The summed E-state index contributed by atoms with van der Waals surface area (Å²) < 4.78 is 5.65.